The van der Waals surface area contributed by atoms with Crippen LogP contribution in [0.25, 0.3) is 0 Å². The molecule has 2 N–H and O–H groups in total. The highest BCUT2D eigenvalue weighted by atomic mass is 19.1. The summed E-state index contributed by atoms with van der Waals surface area (Å²) in [6, 6.07) is 10.7. The van der Waals surface area contributed by atoms with Gasteiger partial charge < -0.3 is 25.3 Å². The molecule has 0 unspecified atom stereocenters. The predicted octanol–water partition coefficient (Wildman–Crippen LogP) is 3.26. The molecule has 0 heterocycles. The molecule has 0 atom stereocenters. The molecule has 0 aliphatic rings. The van der Waals surface area contributed by atoms with Crippen LogP contribution in [0.3, 0.4) is 0 Å². The van der Waals surface area contributed by atoms with Gasteiger partial charge in [-0.25, -0.2) is 9.18 Å². The fraction of sp³-hybridized carbons (Fsp3) is 0.400. The van der Waals surface area contributed by atoms with Gasteiger partial charge in [0, 0.05) is 58.1 Å². The zero-order valence-electron chi connectivity index (χ0n) is 20.5. The third-order valence-corrected chi connectivity index (χ3v) is 5.12. The summed E-state index contributed by atoms with van der Waals surface area (Å²) >= 11 is 0. The van der Waals surface area contributed by atoms with E-state index >= 15 is 0 Å². The first-order valence-corrected chi connectivity index (χ1v) is 11.1. The number of anilines is 1. The van der Waals surface area contributed by atoms with Gasteiger partial charge in [-0.2, -0.15) is 0 Å². The summed E-state index contributed by atoms with van der Waals surface area (Å²) in [5, 5.41) is 5.52. The number of rotatable bonds is 10. The van der Waals surface area contributed by atoms with Crippen LogP contribution >= 0.6 is 0 Å². The number of halogens is 1. The van der Waals surface area contributed by atoms with E-state index < -0.39 is 6.03 Å². The first kappa shape index (κ1) is 26.8. The Bertz CT molecular complexity index is 954. The van der Waals surface area contributed by atoms with Gasteiger partial charge in [0.05, 0.1) is 0 Å². The van der Waals surface area contributed by atoms with Crippen molar-refractivity contribution in [3.05, 3.63) is 65.0 Å². The van der Waals surface area contributed by atoms with E-state index in [9.17, 15) is 18.8 Å². The van der Waals surface area contributed by atoms with Gasteiger partial charge in [0.15, 0.2) is 0 Å². The molecule has 34 heavy (non-hydrogen) atoms. The highest BCUT2D eigenvalue weighted by Gasteiger charge is 2.16. The maximum Gasteiger partial charge on any atom is 0.319 e. The number of nitrogens with one attached hydrogen (secondary N) is 2. The van der Waals surface area contributed by atoms with Crippen molar-refractivity contribution in [2.75, 3.05) is 53.6 Å². The van der Waals surface area contributed by atoms with Gasteiger partial charge in [0.25, 0.3) is 11.8 Å². The number of nitrogens with zero attached hydrogens (tertiary/aromatic N) is 3. The third kappa shape index (κ3) is 8.47. The molecule has 0 saturated heterocycles. The number of carbonyl (C=O) groups is 3. The summed E-state index contributed by atoms with van der Waals surface area (Å²) in [6.45, 7) is 2.05. The molecule has 2 rings (SSSR count). The van der Waals surface area contributed by atoms with Crippen LogP contribution < -0.4 is 10.6 Å². The fourth-order valence-electron chi connectivity index (χ4n) is 3.33. The SMILES string of the molecule is CN(CCCCNC(=O)Nc1cc(C(=O)N(C)C)cc(C(=O)N(C)C)c1)Cc1ccc(F)cc1. The van der Waals surface area contributed by atoms with Crippen molar-refractivity contribution in [3.8, 4) is 0 Å². The Balaban J connectivity index is 1.84. The standard InChI is InChI=1S/C25H34FN5O3/c1-29(2)23(32)19-14-20(24(33)30(3)4)16-22(15-19)28-25(34)27-12-6-7-13-31(5)17-18-8-10-21(26)11-9-18/h8-11,14-16H,6-7,12-13,17H2,1-5H3,(H2,27,28,34). The lowest BCUT2D eigenvalue weighted by Gasteiger charge is -2.17. The predicted molar refractivity (Wildman–Crippen MR) is 131 cm³/mol. The molecule has 2 aromatic carbocycles. The Kier molecular flexibility index (Phi) is 10.0. The monoisotopic (exact) mass is 471 g/mol. The Morgan fingerprint density at radius 1 is 0.824 bits per heavy atom. The number of carbonyl (C=O) groups excluding carboxylic acids is 3. The van der Waals surface area contributed by atoms with Crippen LogP contribution in [0, 0.1) is 5.82 Å². The highest BCUT2D eigenvalue weighted by Crippen LogP contribution is 2.18. The minimum absolute atomic E-state index is 0.243. The molecule has 0 aliphatic heterocycles. The van der Waals surface area contributed by atoms with Gasteiger partial charge in [-0.05, 0) is 62.3 Å². The number of hydrogen-bond donors (Lipinski definition) is 2. The Morgan fingerprint density at radius 2 is 1.38 bits per heavy atom. The number of amides is 4. The number of hydrogen-bond acceptors (Lipinski definition) is 4. The highest BCUT2D eigenvalue weighted by molar-refractivity contribution is 6.02. The normalized spacial score (nSPS) is 10.7. The van der Waals surface area contributed by atoms with Gasteiger partial charge in [-0.3, -0.25) is 9.59 Å². The number of urea groups is 1. The Labute approximate surface area is 200 Å². The Morgan fingerprint density at radius 3 is 1.91 bits per heavy atom. The van der Waals surface area contributed by atoms with E-state index in [1.807, 2.05) is 7.05 Å². The second-order valence-corrected chi connectivity index (χ2v) is 8.65. The van der Waals surface area contributed by atoms with Crippen molar-refractivity contribution in [3.63, 3.8) is 0 Å². The average molecular weight is 472 g/mol. The number of benzene rings is 2. The molecular weight excluding hydrogens is 437 g/mol. The largest absolute Gasteiger partial charge is 0.345 e. The van der Waals surface area contributed by atoms with Crippen LogP contribution in [-0.4, -0.2) is 80.9 Å². The van der Waals surface area contributed by atoms with E-state index in [2.05, 4.69) is 15.5 Å². The lowest BCUT2D eigenvalue weighted by atomic mass is 10.1. The van der Waals surface area contributed by atoms with E-state index in [1.165, 1.54) is 28.0 Å². The van der Waals surface area contributed by atoms with E-state index in [-0.39, 0.29) is 17.6 Å². The van der Waals surface area contributed by atoms with Crippen LogP contribution in [0.1, 0.15) is 39.1 Å². The maximum absolute atomic E-state index is 13.0. The molecule has 0 aliphatic carbocycles. The van der Waals surface area contributed by atoms with Gasteiger partial charge in [0.2, 0.25) is 0 Å². The van der Waals surface area contributed by atoms with E-state index in [4.69, 9.17) is 0 Å². The summed E-state index contributed by atoms with van der Waals surface area (Å²) in [6.07, 6.45) is 1.66. The zero-order valence-corrected chi connectivity index (χ0v) is 20.5. The molecule has 0 saturated carbocycles. The summed E-state index contributed by atoms with van der Waals surface area (Å²) in [5.74, 6) is -0.768. The summed E-state index contributed by atoms with van der Waals surface area (Å²) in [4.78, 5) is 42.1. The molecule has 0 spiro atoms. The quantitative estimate of drug-likeness (QED) is 0.521. The average Bonchev–Trinajstić information content (AvgIpc) is 2.78. The van der Waals surface area contributed by atoms with Crippen molar-refractivity contribution in [2.45, 2.75) is 19.4 Å². The second kappa shape index (κ2) is 12.7. The van der Waals surface area contributed by atoms with E-state index in [0.29, 0.717) is 23.4 Å². The van der Waals surface area contributed by atoms with Crippen molar-refractivity contribution in [1.82, 2.24) is 20.0 Å². The van der Waals surface area contributed by atoms with Crippen LogP contribution in [0.4, 0.5) is 14.9 Å². The summed E-state index contributed by atoms with van der Waals surface area (Å²) in [7, 11) is 8.50. The minimum atomic E-state index is -0.405. The molecule has 4 amide bonds. The summed E-state index contributed by atoms with van der Waals surface area (Å²) < 4.78 is 13.0. The summed E-state index contributed by atoms with van der Waals surface area (Å²) in [5.41, 5.74) is 2.05. The molecule has 0 radical (unpaired) electrons. The Hall–Kier alpha value is -3.46. The zero-order chi connectivity index (χ0) is 25.3. The topological polar surface area (TPSA) is 85.0 Å². The van der Waals surface area contributed by atoms with Crippen LogP contribution in [-0.2, 0) is 6.54 Å². The third-order valence-electron chi connectivity index (χ3n) is 5.12. The molecule has 0 fully saturated rings. The van der Waals surface area contributed by atoms with Crippen LogP contribution in [0.5, 0.6) is 0 Å². The van der Waals surface area contributed by atoms with Crippen molar-refractivity contribution >= 4 is 23.5 Å². The fourth-order valence-corrected chi connectivity index (χ4v) is 3.33. The minimum Gasteiger partial charge on any atom is -0.345 e. The molecular formula is C25H34FN5O3. The van der Waals surface area contributed by atoms with Gasteiger partial charge in [-0.15, -0.1) is 0 Å². The molecule has 9 heteroatoms. The molecule has 0 bridgehead atoms. The lowest BCUT2D eigenvalue weighted by molar-refractivity contribution is 0.0826. The van der Waals surface area contributed by atoms with Gasteiger partial charge in [-0.1, -0.05) is 12.1 Å². The maximum atomic E-state index is 13.0. The smallest absolute Gasteiger partial charge is 0.319 e. The van der Waals surface area contributed by atoms with Gasteiger partial charge >= 0.3 is 6.03 Å². The van der Waals surface area contributed by atoms with Crippen molar-refractivity contribution in [2.24, 2.45) is 0 Å². The van der Waals surface area contributed by atoms with Crippen LogP contribution in [0.2, 0.25) is 0 Å². The molecule has 0 aromatic heterocycles. The molecule has 184 valence electrons. The number of unbranched alkanes of at least 4 members (excludes halogenated alkanes) is 1. The molecule has 8 nitrogen and oxygen atoms in total. The molecule has 2 aromatic rings. The second-order valence-electron chi connectivity index (χ2n) is 8.65. The van der Waals surface area contributed by atoms with Crippen molar-refractivity contribution in [1.29, 1.82) is 0 Å². The van der Waals surface area contributed by atoms with E-state index in [0.717, 1.165) is 31.5 Å². The van der Waals surface area contributed by atoms with E-state index in [1.54, 1.807) is 52.5 Å². The van der Waals surface area contributed by atoms with Crippen molar-refractivity contribution < 1.29 is 18.8 Å². The van der Waals surface area contributed by atoms with Crippen LogP contribution in [0.15, 0.2) is 42.5 Å². The first-order chi connectivity index (χ1) is 16.1. The first-order valence-electron chi connectivity index (χ1n) is 11.1. The van der Waals surface area contributed by atoms with Gasteiger partial charge in [0.1, 0.15) is 5.82 Å². The lowest BCUT2D eigenvalue weighted by Crippen LogP contribution is -2.30.